The fourth-order valence-electron chi connectivity index (χ4n) is 3.23. The van der Waals surface area contributed by atoms with Crippen LogP contribution >= 0.6 is 0 Å². The van der Waals surface area contributed by atoms with Gasteiger partial charge in [-0.1, -0.05) is 25.5 Å². The van der Waals surface area contributed by atoms with Crippen molar-refractivity contribution in [3.05, 3.63) is 29.8 Å². The van der Waals surface area contributed by atoms with Crippen molar-refractivity contribution in [1.82, 2.24) is 5.32 Å². The van der Waals surface area contributed by atoms with Gasteiger partial charge in [0.15, 0.2) is 5.78 Å². The Kier molecular flexibility index (Phi) is 7.44. The van der Waals surface area contributed by atoms with Gasteiger partial charge in [0.1, 0.15) is 17.6 Å². The zero-order valence-electron chi connectivity index (χ0n) is 14.8. The van der Waals surface area contributed by atoms with Crippen LogP contribution in [-0.2, 0) is 4.79 Å². The molecule has 1 N–H and O–H groups in total. The van der Waals surface area contributed by atoms with Crippen LogP contribution < -0.4 is 10.1 Å². The summed E-state index contributed by atoms with van der Waals surface area (Å²) in [4.78, 5) is 23.5. The van der Waals surface area contributed by atoms with Gasteiger partial charge in [-0.2, -0.15) is 0 Å². The molecule has 1 saturated heterocycles. The Morgan fingerprint density at radius 1 is 1.21 bits per heavy atom. The van der Waals surface area contributed by atoms with Crippen LogP contribution in [0.4, 0.5) is 0 Å². The highest BCUT2D eigenvalue weighted by atomic mass is 16.5. The van der Waals surface area contributed by atoms with Gasteiger partial charge in [0.05, 0.1) is 11.5 Å². The third-order valence-electron chi connectivity index (χ3n) is 4.63. The van der Waals surface area contributed by atoms with Gasteiger partial charge in [-0.15, -0.1) is 0 Å². The van der Waals surface area contributed by atoms with Crippen molar-refractivity contribution in [3.8, 4) is 5.75 Å². The van der Waals surface area contributed by atoms with Crippen LogP contribution in [0.25, 0.3) is 0 Å². The normalized spacial score (nSPS) is 22.7. The zero-order valence-corrected chi connectivity index (χ0v) is 14.8. The Morgan fingerprint density at radius 2 is 1.92 bits per heavy atom. The van der Waals surface area contributed by atoms with Crippen LogP contribution in [0.5, 0.6) is 5.75 Å². The number of carbonyl (C=O) groups is 2. The molecule has 4 heteroatoms. The Balaban J connectivity index is 0.000000292. The van der Waals surface area contributed by atoms with E-state index >= 15 is 0 Å². The van der Waals surface area contributed by atoms with Crippen LogP contribution in [-0.4, -0.2) is 30.8 Å². The lowest BCUT2D eigenvalue weighted by Crippen LogP contribution is -2.37. The van der Waals surface area contributed by atoms with Gasteiger partial charge in [-0.3, -0.25) is 4.79 Å². The smallest absolute Gasteiger partial charge is 0.173 e. The number of carbonyl (C=O) groups excluding carboxylic acids is 2. The van der Waals surface area contributed by atoms with Crippen molar-refractivity contribution in [2.75, 3.05) is 13.1 Å². The number of fused-ring (bicyclic) bond motifs is 1. The van der Waals surface area contributed by atoms with Crippen molar-refractivity contribution < 1.29 is 14.3 Å². The number of Topliss-reactive ketones (excluding diaryl/α,β-unsaturated/α-hetero) is 2. The van der Waals surface area contributed by atoms with E-state index in [0.717, 1.165) is 6.42 Å². The SMILES string of the molecule is C1CCNCC1.CCC1Oc2ccccc2C(=O)C1CCC(C)=O. The number of benzene rings is 1. The summed E-state index contributed by atoms with van der Waals surface area (Å²) in [6.07, 6.45) is 5.92. The summed E-state index contributed by atoms with van der Waals surface area (Å²) in [7, 11) is 0. The summed E-state index contributed by atoms with van der Waals surface area (Å²) in [6.45, 7) is 6.07. The first kappa shape index (κ1) is 18.7. The molecule has 1 aromatic carbocycles. The number of para-hydroxylation sites is 1. The minimum atomic E-state index is -0.186. The molecule has 132 valence electrons. The molecule has 4 nitrogen and oxygen atoms in total. The second-order valence-corrected chi connectivity index (χ2v) is 6.58. The molecule has 0 aromatic heterocycles. The molecule has 1 aromatic rings. The lowest BCUT2D eigenvalue weighted by Gasteiger charge is -2.31. The summed E-state index contributed by atoms with van der Waals surface area (Å²) in [5, 5.41) is 3.28. The first-order valence-corrected chi connectivity index (χ1v) is 9.13. The molecule has 2 atom stereocenters. The van der Waals surface area contributed by atoms with E-state index in [1.54, 1.807) is 13.0 Å². The van der Waals surface area contributed by atoms with Crippen LogP contribution in [0.1, 0.15) is 62.7 Å². The maximum Gasteiger partial charge on any atom is 0.173 e. The molecule has 1 fully saturated rings. The number of hydrogen-bond acceptors (Lipinski definition) is 4. The third kappa shape index (κ3) is 5.17. The summed E-state index contributed by atoms with van der Waals surface area (Å²) in [5.74, 6) is 0.726. The zero-order chi connectivity index (χ0) is 17.4. The molecule has 0 spiro atoms. The van der Waals surface area contributed by atoms with E-state index < -0.39 is 0 Å². The van der Waals surface area contributed by atoms with Gasteiger partial charge < -0.3 is 14.8 Å². The molecule has 0 radical (unpaired) electrons. The predicted octanol–water partition coefficient (Wildman–Crippen LogP) is 3.79. The van der Waals surface area contributed by atoms with Gasteiger partial charge in [0.2, 0.25) is 0 Å². The summed E-state index contributed by atoms with van der Waals surface area (Å²) in [6, 6.07) is 7.34. The van der Waals surface area contributed by atoms with Crippen LogP contribution in [0, 0.1) is 5.92 Å². The molecule has 3 rings (SSSR count). The van der Waals surface area contributed by atoms with Crippen LogP contribution in [0.2, 0.25) is 0 Å². The topological polar surface area (TPSA) is 55.4 Å². The van der Waals surface area contributed by atoms with Gasteiger partial charge >= 0.3 is 0 Å². The Bertz CT molecular complexity index is 540. The molecule has 0 aliphatic carbocycles. The highest BCUT2D eigenvalue weighted by Crippen LogP contribution is 2.34. The van der Waals surface area contributed by atoms with Crippen molar-refractivity contribution in [2.24, 2.45) is 5.92 Å². The minimum absolute atomic E-state index is 0.105. The van der Waals surface area contributed by atoms with Gasteiger partial charge in [0.25, 0.3) is 0 Å². The van der Waals surface area contributed by atoms with E-state index in [9.17, 15) is 9.59 Å². The Labute approximate surface area is 145 Å². The average molecular weight is 331 g/mol. The molecule has 2 aliphatic rings. The van der Waals surface area contributed by atoms with E-state index in [0.29, 0.717) is 24.2 Å². The number of ether oxygens (including phenoxy) is 1. The standard InChI is InChI=1S/C15H18O3.C5H11N/c1-3-13-12(9-8-10(2)16)15(17)11-6-4-5-7-14(11)18-13;1-2-4-6-5-3-1/h4-7,12-13H,3,8-9H2,1-2H3;6H,1-5H2. The quantitative estimate of drug-likeness (QED) is 0.912. The van der Waals surface area contributed by atoms with Gasteiger partial charge in [-0.25, -0.2) is 0 Å². The highest BCUT2D eigenvalue weighted by molar-refractivity contribution is 6.01. The molecule has 24 heavy (non-hydrogen) atoms. The second kappa shape index (κ2) is 9.58. The van der Waals surface area contributed by atoms with Crippen molar-refractivity contribution in [1.29, 1.82) is 0 Å². The number of piperidine rings is 1. The van der Waals surface area contributed by atoms with E-state index in [1.165, 1.54) is 32.4 Å². The highest BCUT2D eigenvalue weighted by Gasteiger charge is 2.35. The summed E-state index contributed by atoms with van der Waals surface area (Å²) in [5.41, 5.74) is 0.649. The lowest BCUT2D eigenvalue weighted by atomic mass is 9.84. The molecule has 2 unspecified atom stereocenters. The van der Waals surface area contributed by atoms with E-state index in [2.05, 4.69) is 5.32 Å². The molecule has 2 heterocycles. The van der Waals surface area contributed by atoms with Crippen molar-refractivity contribution in [3.63, 3.8) is 0 Å². The number of ketones is 2. The summed E-state index contributed by atoms with van der Waals surface area (Å²) >= 11 is 0. The Morgan fingerprint density at radius 3 is 2.46 bits per heavy atom. The second-order valence-electron chi connectivity index (χ2n) is 6.58. The molecule has 2 aliphatic heterocycles. The molecular formula is C20H29NO3. The van der Waals surface area contributed by atoms with Gasteiger partial charge in [-0.05, 0) is 57.8 Å². The molecule has 0 amide bonds. The van der Waals surface area contributed by atoms with Crippen LogP contribution in [0.15, 0.2) is 24.3 Å². The van der Waals surface area contributed by atoms with Gasteiger partial charge in [0, 0.05) is 6.42 Å². The first-order valence-electron chi connectivity index (χ1n) is 9.13. The first-order chi connectivity index (χ1) is 11.6. The molecule has 0 bridgehead atoms. The largest absolute Gasteiger partial charge is 0.489 e. The minimum Gasteiger partial charge on any atom is -0.489 e. The maximum absolute atomic E-state index is 12.4. The van der Waals surface area contributed by atoms with Crippen molar-refractivity contribution >= 4 is 11.6 Å². The third-order valence-corrected chi connectivity index (χ3v) is 4.63. The monoisotopic (exact) mass is 331 g/mol. The number of rotatable bonds is 4. The molecule has 0 saturated carbocycles. The Hall–Kier alpha value is -1.68. The summed E-state index contributed by atoms with van der Waals surface area (Å²) < 4.78 is 5.86. The van der Waals surface area contributed by atoms with E-state index in [4.69, 9.17) is 4.74 Å². The number of hydrogen-bond donors (Lipinski definition) is 1. The number of nitrogens with one attached hydrogen (secondary N) is 1. The predicted molar refractivity (Wildman–Crippen MR) is 95.6 cm³/mol. The van der Waals surface area contributed by atoms with Crippen molar-refractivity contribution in [2.45, 2.75) is 58.5 Å². The van der Waals surface area contributed by atoms with Crippen LogP contribution in [0.3, 0.4) is 0 Å². The average Bonchev–Trinajstić information content (AvgIpc) is 2.62. The maximum atomic E-state index is 12.4. The fraction of sp³-hybridized carbons (Fsp3) is 0.600. The van der Waals surface area contributed by atoms with E-state index in [1.807, 2.05) is 25.1 Å². The lowest BCUT2D eigenvalue weighted by molar-refractivity contribution is -0.117. The molecular weight excluding hydrogens is 302 g/mol. The fourth-order valence-corrected chi connectivity index (χ4v) is 3.23. The van der Waals surface area contributed by atoms with E-state index in [-0.39, 0.29) is 23.6 Å².